The molecule has 0 aliphatic carbocycles. The van der Waals surface area contributed by atoms with E-state index in [1.807, 2.05) is 24.3 Å². The highest BCUT2D eigenvalue weighted by molar-refractivity contribution is 5.96. The predicted octanol–water partition coefficient (Wildman–Crippen LogP) is 4.36. The molecular weight excluding hydrogens is 443 g/mol. The molecule has 0 saturated carbocycles. The Morgan fingerprint density at radius 1 is 1.03 bits per heavy atom. The highest BCUT2D eigenvalue weighted by Crippen LogP contribution is 2.37. The fraction of sp³-hybridized carbons (Fsp3) is 0.607. The van der Waals surface area contributed by atoms with Crippen molar-refractivity contribution >= 4 is 17.3 Å². The van der Waals surface area contributed by atoms with Crippen LogP contribution in [0.15, 0.2) is 41.0 Å². The van der Waals surface area contributed by atoms with Crippen molar-refractivity contribution in [1.82, 2.24) is 9.80 Å². The standard InChI is InChI=1S/C28H37FN4O2/c1-20-4-2-11-32(20)23-10-13-31(17-23)22-6-7-27(26(29)16-22)33-14-9-21-8-12-30(19-25(21)28(33)34)18-24-5-3-15-35-24/h3,5-7,15-16,20-21,23,25H,2,4,8-14,17-19H2,1H3/t20-,21?,23-,25?/m0/s1. The van der Waals surface area contributed by atoms with Gasteiger partial charge in [0.1, 0.15) is 11.6 Å². The van der Waals surface area contributed by atoms with Crippen molar-refractivity contribution in [3.05, 3.63) is 48.2 Å². The third-order valence-corrected chi connectivity index (χ3v) is 8.93. The van der Waals surface area contributed by atoms with Crippen LogP contribution >= 0.6 is 0 Å². The van der Waals surface area contributed by atoms with Crippen LogP contribution in [0.4, 0.5) is 15.8 Å². The number of nitrogens with zero attached hydrogens (tertiary/aromatic N) is 4. The Labute approximate surface area is 207 Å². The quantitative estimate of drug-likeness (QED) is 0.636. The molecule has 4 atom stereocenters. The monoisotopic (exact) mass is 480 g/mol. The van der Waals surface area contributed by atoms with Crippen LogP contribution < -0.4 is 9.80 Å². The van der Waals surface area contributed by atoms with E-state index in [0.717, 1.165) is 56.9 Å². The summed E-state index contributed by atoms with van der Waals surface area (Å²) in [7, 11) is 0. The van der Waals surface area contributed by atoms with Crippen molar-refractivity contribution in [3.8, 4) is 0 Å². The van der Waals surface area contributed by atoms with E-state index in [4.69, 9.17) is 4.42 Å². The molecule has 188 valence electrons. The zero-order chi connectivity index (χ0) is 23.9. The first-order chi connectivity index (χ1) is 17.1. The van der Waals surface area contributed by atoms with E-state index < -0.39 is 0 Å². The topological polar surface area (TPSA) is 43.2 Å². The summed E-state index contributed by atoms with van der Waals surface area (Å²) in [5.41, 5.74) is 1.37. The van der Waals surface area contributed by atoms with Gasteiger partial charge in [-0.15, -0.1) is 0 Å². The molecule has 0 bridgehead atoms. The second-order valence-corrected chi connectivity index (χ2v) is 11.0. The summed E-state index contributed by atoms with van der Waals surface area (Å²) in [5.74, 6) is 1.03. The molecule has 4 aliphatic heterocycles. The van der Waals surface area contributed by atoms with Gasteiger partial charge in [-0.05, 0) is 88.4 Å². The van der Waals surface area contributed by atoms with Gasteiger partial charge in [0, 0.05) is 44.0 Å². The van der Waals surface area contributed by atoms with Crippen molar-refractivity contribution in [2.45, 2.75) is 57.7 Å². The van der Waals surface area contributed by atoms with Crippen LogP contribution in [-0.4, -0.2) is 67.1 Å². The lowest BCUT2D eigenvalue weighted by atomic mass is 9.79. The van der Waals surface area contributed by atoms with Gasteiger partial charge in [0.25, 0.3) is 0 Å². The number of likely N-dealkylation sites (tertiary alicyclic amines) is 2. The maximum Gasteiger partial charge on any atom is 0.231 e. The highest BCUT2D eigenvalue weighted by Gasteiger charge is 2.41. The van der Waals surface area contributed by atoms with Crippen molar-refractivity contribution in [2.24, 2.45) is 11.8 Å². The number of furan rings is 1. The number of benzene rings is 1. The smallest absolute Gasteiger partial charge is 0.231 e. The van der Waals surface area contributed by atoms with Crippen LogP contribution in [0.25, 0.3) is 0 Å². The minimum absolute atomic E-state index is 0.0707. The number of halogens is 1. The SMILES string of the molecule is C[C@H]1CCCN1[C@H]1CCN(c2ccc(N3CCC4CCN(Cc5ccco5)CC4C3=O)c(F)c2)C1. The molecule has 0 radical (unpaired) electrons. The van der Waals surface area contributed by atoms with Gasteiger partial charge in [-0.25, -0.2) is 4.39 Å². The predicted molar refractivity (Wildman–Crippen MR) is 135 cm³/mol. The van der Waals surface area contributed by atoms with E-state index >= 15 is 4.39 Å². The molecule has 5 heterocycles. The van der Waals surface area contributed by atoms with E-state index in [9.17, 15) is 4.79 Å². The fourth-order valence-corrected chi connectivity index (χ4v) is 6.96. The zero-order valence-electron chi connectivity index (χ0n) is 20.7. The van der Waals surface area contributed by atoms with E-state index in [-0.39, 0.29) is 17.6 Å². The average molecular weight is 481 g/mol. The number of fused-ring (bicyclic) bond motifs is 1. The number of amides is 1. The molecule has 2 aromatic rings. The largest absolute Gasteiger partial charge is 0.468 e. The molecule has 4 fully saturated rings. The molecule has 1 aromatic heterocycles. The first-order valence-corrected chi connectivity index (χ1v) is 13.4. The number of carbonyl (C=O) groups is 1. The van der Waals surface area contributed by atoms with Crippen LogP contribution in [0.3, 0.4) is 0 Å². The Bertz CT molecular complexity index is 1040. The van der Waals surface area contributed by atoms with Gasteiger partial charge < -0.3 is 14.2 Å². The lowest BCUT2D eigenvalue weighted by Gasteiger charge is -2.44. The Morgan fingerprint density at radius 2 is 1.91 bits per heavy atom. The van der Waals surface area contributed by atoms with Crippen molar-refractivity contribution < 1.29 is 13.6 Å². The highest BCUT2D eigenvalue weighted by atomic mass is 19.1. The third kappa shape index (κ3) is 4.49. The van der Waals surface area contributed by atoms with Crippen molar-refractivity contribution in [1.29, 1.82) is 0 Å². The van der Waals surface area contributed by atoms with Gasteiger partial charge in [-0.1, -0.05) is 0 Å². The number of anilines is 2. The van der Waals surface area contributed by atoms with Crippen LogP contribution in [0.1, 0.15) is 44.8 Å². The van der Waals surface area contributed by atoms with Gasteiger partial charge in [0.05, 0.1) is 24.4 Å². The molecule has 6 rings (SSSR count). The molecule has 0 spiro atoms. The molecular formula is C28H37FN4O2. The summed E-state index contributed by atoms with van der Waals surface area (Å²) in [6.07, 6.45) is 7.35. The first-order valence-electron chi connectivity index (χ1n) is 13.4. The number of hydrogen-bond acceptors (Lipinski definition) is 5. The van der Waals surface area contributed by atoms with Gasteiger partial charge >= 0.3 is 0 Å². The van der Waals surface area contributed by atoms with Gasteiger partial charge in [-0.3, -0.25) is 14.6 Å². The fourth-order valence-electron chi connectivity index (χ4n) is 6.96. The van der Waals surface area contributed by atoms with Crippen LogP contribution in [0.2, 0.25) is 0 Å². The molecule has 7 heteroatoms. The third-order valence-electron chi connectivity index (χ3n) is 8.93. The van der Waals surface area contributed by atoms with Crippen LogP contribution in [0, 0.1) is 17.7 Å². The lowest BCUT2D eigenvalue weighted by Crippen LogP contribution is -2.53. The van der Waals surface area contributed by atoms with Gasteiger partial charge in [0.15, 0.2) is 0 Å². The summed E-state index contributed by atoms with van der Waals surface area (Å²) in [6, 6.07) is 10.6. The van der Waals surface area contributed by atoms with E-state index in [1.54, 1.807) is 17.2 Å². The number of hydrogen-bond donors (Lipinski definition) is 0. The minimum Gasteiger partial charge on any atom is -0.468 e. The van der Waals surface area contributed by atoms with Crippen LogP contribution in [-0.2, 0) is 11.3 Å². The Hall–Kier alpha value is -2.38. The second kappa shape index (κ2) is 9.58. The molecule has 2 unspecified atom stereocenters. The second-order valence-electron chi connectivity index (χ2n) is 11.0. The lowest BCUT2D eigenvalue weighted by molar-refractivity contribution is -0.128. The molecule has 6 nitrogen and oxygen atoms in total. The van der Waals surface area contributed by atoms with Crippen LogP contribution in [0.5, 0.6) is 0 Å². The molecule has 4 aliphatic rings. The average Bonchev–Trinajstić information content (AvgIpc) is 3.62. The molecule has 0 N–H and O–H groups in total. The number of carbonyl (C=O) groups excluding carboxylic acids is 1. The Morgan fingerprint density at radius 3 is 2.69 bits per heavy atom. The summed E-state index contributed by atoms with van der Waals surface area (Å²) >= 11 is 0. The minimum atomic E-state index is -0.282. The molecule has 4 saturated heterocycles. The molecule has 1 aromatic carbocycles. The molecule has 35 heavy (non-hydrogen) atoms. The Balaban J connectivity index is 1.13. The summed E-state index contributed by atoms with van der Waals surface area (Å²) in [6.45, 7) is 8.45. The van der Waals surface area contributed by atoms with Crippen molar-refractivity contribution in [2.75, 3.05) is 49.1 Å². The van der Waals surface area contributed by atoms with Gasteiger partial charge in [0.2, 0.25) is 5.91 Å². The summed E-state index contributed by atoms with van der Waals surface area (Å²) in [4.78, 5) is 22.5. The van der Waals surface area contributed by atoms with Crippen molar-refractivity contribution in [3.63, 3.8) is 0 Å². The Kier molecular flexibility index (Phi) is 6.31. The van der Waals surface area contributed by atoms with E-state index in [0.29, 0.717) is 36.8 Å². The van der Waals surface area contributed by atoms with E-state index in [1.165, 1.54) is 19.4 Å². The molecule has 1 amide bonds. The normalized spacial score (nSPS) is 30.3. The number of rotatable bonds is 5. The summed E-state index contributed by atoms with van der Waals surface area (Å²) in [5, 5.41) is 0. The maximum absolute atomic E-state index is 15.4. The van der Waals surface area contributed by atoms with Gasteiger partial charge in [-0.2, -0.15) is 0 Å². The summed E-state index contributed by atoms with van der Waals surface area (Å²) < 4.78 is 20.9. The first kappa shape index (κ1) is 23.0. The maximum atomic E-state index is 15.4. The number of piperidine rings is 2. The van der Waals surface area contributed by atoms with E-state index in [2.05, 4.69) is 21.6 Å². The zero-order valence-corrected chi connectivity index (χ0v) is 20.7.